The molecule has 0 heterocycles. The zero-order chi connectivity index (χ0) is 18.7. The molecule has 0 amide bonds. The molecule has 1 N–H and O–H groups in total. The second kappa shape index (κ2) is 5.76. The van der Waals surface area contributed by atoms with Gasteiger partial charge in [0.05, 0.1) is 11.1 Å². The maximum atomic E-state index is 13.4. The number of aromatic carboxylic acids is 1. The number of carboxylic acid groups (broad SMARTS) is 1. The minimum Gasteiger partial charge on any atom is -0.482 e. The van der Waals surface area contributed by atoms with Gasteiger partial charge in [-0.2, -0.15) is 13.2 Å². The molecule has 3 nitrogen and oxygen atoms in total. The van der Waals surface area contributed by atoms with Crippen LogP contribution in [0.1, 0.15) is 48.0 Å². The first kappa shape index (κ1) is 17.4. The highest BCUT2D eigenvalue weighted by atomic mass is 19.4. The molecule has 3 aliphatic rings. The van der Waals surface area contributed by atoms with E-state index in [9.17, 15) is 18.0 Å². The second-order valence-electron chi connectivity index (χ2n) is 7.84. The molecule has 0 radical (unpaired) electrons. The van der Waals surface area contributed by atoms with Crippen LogP contribution in [-0.2, 0) is 6.18 Å². The number of benzene rings is 1. The van der Waals surface area contributed by atoms with Crippen LogP contribution in [-0.4, -0.2) is 16.7 Å². The standard InChI is InChI=1S/C20H21F3O3/c1-2-19(10-12-8-16(19)14-5-3-4-13(12)14)26-17-9-11(18(24)25)6-7-15(17)20(21,22)23/h2,6-7,9,12-14,16H,1,3-5,8,10H2,(H,24,25). The van der Waals surface area contributed by atoms with Crippen molar-refractivity contribution in [1.82, 2.24) is 0 Å². The summed E-state index contributed by atoms with van der Waals surface area (Å²) < 4.78 is 46.3. The molecule has 1 aromatic carbocycles. The molecule has 0 saturated heterocycles. The van der Waals surface area contributed by atoms with E-state index in [4.69, 9.17) is 9.84 Å². The second-order valence-corrected chi connectivity index (χ2v) is 7.84. The summed E-state index contributed by atoms with van der Waals surface area (Å²) in [5.74, 6) is 0.0712. The van der Waals surface area contributed by atoms with Crippen molar-refractivity contribution in [2.75, 3.05) is 0 Å². The molecule has 26 heavy (non-hydrogen) atoms. The summed E-state index contributed by atoms with van der Waals surface area (Å²) in [7, 11) is 0. The van der Waals surface area contributed by atoms with E-state index in [-0.39, 0.29) is 11.5 Å². The number of fused-ring (bicyclic) bond motifs is 5. The largest absolute Gasteiger partial charge is 0.482 e. The highest BCUT2D eigenvalue weighted by molar-refractivity contribution is 5.88. The van der Waals surface area contributed by atoms with Gasteiger partial charge in [0.2, 0.25) is 0 Å². The molecule has 5 atom stereocenters. The molecule has 0 aromatic heterocycles. The monoisotopic (exact) mass is 366 g/mol. The SMILES string of the molecule is C=CC1(Oc2cc(C(=O)O)ccc2C(F)(F)F)CC2CC1C1CCCC21. The Hall–Kier alpha value is -1.98. The minimum absolute atomic E-state index is 0.159. The molecule has 3 fully saturated rings. The summed E-state index contributed by atoms with van der Waals surface area (Å²) in [4.78, 5) is 11.2. The highest BCUT2D eigenvalue weighted by Gasteiger charge is 2.61. The molecule has 140 valence electrons. The topological polar surface area (TPSA) is 46.5 Å². The third-order valence-corrected chi connectivity index (χ3v) is 6.69. The maximum Gasteiger partial charge on any atom is 0.419 e. The molecule has 6 heteroatoms. The number of rotatable bonds is 4. The van der Waals surface area contributed by atoms with Crippen LogP contribution in [0.25, 0.3) is 0 Å². The molecule has 4 rings (SSSR count). The number of carbonyl (C=O) groups is 1. The molecular formula is C20H21F3O3. The van der Waals surface area contributed by atoms with Gasteiger partial charge in [-0.3, -0.25) is 0 Å². The predicted molar refractivity (Wildman–Crippen MR) is 89.0 cm³/mol. The Morgan fingerprint density at radius 1 is 1.31 bits per heavy atom. The van der Waals surface area contributed by atoms with E-state index in [1.165, 1.54) is 6.42 Å². The Balaban J connectivity index is 1.72. The fraction of sp³-hybridized carbons (Fsp3) is 0.550. The fourth-order valence-electron chi connectivity index (χ4n) is 5.71. The van der Waals surface area contributed by atoms with Gasteiger partial charge in [-0.25, -0.2) is 4.79 Å². The van der Waals surface area contributed by atoms with Crippen LogP contribution in [0.3, 0.4) is 0 Å². The summed E-state index contributed by atoms with van der Waals surface area (Å²) in [6.07, 6.45) is 2.12. The Morgan fingerprint density at radius 3 is 2.69 bits per heavy atom. The molecule has 2 bridgehead atoms. The van der Waals surface area contributed by atoms with Crippen molar-refractivity contribution in [3.05, 3.63) is 42.0 Å². The van der Waals surface area contributed by atoms with Gasteiger partial charge in [0.25, 0.3) is 0 Å². The molecule has 0 aliphatic heterocycles. The maximum absolute atomic E-state index is 13.4. The number of ether oxygens (including phenoxy) is 1. The molecule has 0 spiro atoms. The van der Waals surface area contributed by atoms with Gasteiger partial charge in [0.15, 0.2) is 0 Å². The van der Waals surface area contributed by atoms with E-state index in [0.29, 0.717) is 24.2 Å². The van der Waals surface area contributed by atoms with Gasteiger partial charge in [0.1, 0.15) is 11.4 Å². The number of alkyl halides is 3. The van der Waals surface area contributed by atoms with Gasteiger partial charge in [0, 0.05) is 5.92 Å². The number of hydrogen-bond acceptors (Lipinski definition) is 2. The quantitative estimate of drug-likeness (QED) is 0.749. The predicted octanol–water partition coefficient (Wildman–Crippen LogP) is 5.16. The normalized spacial score (nSPS) is 35.3. The van der Waals surface area contributed by atoms with Gasteiger partial charge >= 0.3 is 12.1 Å². The Labute approximate surface area is 149 Å². The van der Waals surface area contributed by atoms with Gasteiger partial charge in [-0.05, 0) is 67.7 Å². The van der Waals surface area contributed by atoms with Gasteiger partial charge in [-0.15, -0.1) is 0 Å². The van der Waals surface area contributed by atoms with Crippen molar-refractivity contribution in [2.24, 2.45) is 23.7 Å². The summed E-state index contributed by atoms with van der Waals surface area (Å²) in [6.45, 7) is 3.87. The average molecular weight is 366 g/mol. The lowest BCUT2D eigenvalue weighted by atomic mass is 9.73. The van der Waals surface area contributed by atoms with Crippen LogP contribution >= 0.6 is 0 Å². The number of carboxylic acids is 1. The zero-order valence-corrected chi connectivity index (χ0v) is 14.3. The Morgan fingerprint density at radius 2 is 2.04 bits per heavy atom. The van der Waals surface area contributed by atoms with Crippen LogP contribution in [0.4, 0.5) is 13.2 Å². The third-order valence-electron chi connectivity index (χ3n) is 6.69. The molecule has 1 aromatic rings. The van der Waals surface area contributed by atoms with Crippen molar-refractivity contribution in [3.63, 3.8) is 0 Å². The minimum atomic E-state index is -4.61. The van der Waals surface area contributed by atoms with E-state index in [0.717, 1.165) is 37.5 Å². The van der Waals surface area contributed by atoms with E-state index in [1.54, 1.807) is 6.08 Å². The van der Waals surface area contributed by atoms with E-state index in [1.807, 2.05) is 0 Å². The summed E-state index contributed by atoms with van der Waals surface area (Å²) >= 11 is 0. The average Bonchev–Trinajstić information content (AvgIpc) is 3.25. The lowest BCUT2D eigenvalue weighted by molar-refractivity contribution is -0.140. The first-order valence-electron chi connectivity index (χ1n) is 9.02. The number of halogens is 3. The first-order valence-corrected chi connectivity index (χ1v) is 9.02. The lowest BCUT2D eigenvalue weighted by Gasteiger charge is -2.41. The third kappa shape index (κ3) is 2.53. The van der Waals surface area contributed by atoms with Crippen molar-refractivity contribution in [2.45, 2.75) is 43.9 Å². The van der Waals surface area contributed by atoms with E-state index in [2.05, 4.69) is 6.58 Å². The fourth-order valence-corrected chi connectivity index (χ4v) is 5.71. The highest BCUT2D eigenvalue weighted by Crippen LogP contribution is 2.63. The van der Waals surface area contributed by atoms with E-state index < -0.39 is 29.1 Å². The summed E-state index contributed by atoms with van der Waals surface area (Å²) in [5.41, 5.74) is -1.99. The van der Waals surface area contributed by atoms with Crippen LogP contribution in [0.5, 0.6) is 5.75 Å². The smallest absolute Gasteiger partial charge is 0.419 e. The molecular weight excluding hydrogens is 345 g/mol. The zero-order valence-electron chi connectivity index (χ0n) is 14.3. The van der Waals surface area contributed by atoms with Crippen molar-refractivity contribution in [1.29, 1.82) is 0 Å². The van der Waals surface area contributed by atoms with Crippen molar-refractivity contribution < 1.29 is 27.8 Å². The van der Waals surface area contributed by atoms with Crippen molar-refractivity contribution in [3.8, 4) is 5.75 Å². The van der Waals surface area contributed by atoms with Gasteiger partial charge in [-0.1, -0.05) is 13.0 Å². The van der Waals surface area contributed by atoms with Crippen LogP contribution in [0, 0.1) is 23.7 Å². The summed E-state index contributed by atoms with van der Waals surface area (Å²) in [6, 6.07) is 2.75. The molecule has 3 saturated carbocycles. The lowest BCUT2D eigenvalue weighted by Crippen LogP contribution is -2.45. The van der Waals surface area contributed by atoms with E-state index >= 15 is 0 Å². The number of hydrogen-bond donors (Lipinski definition) is 1. The summed E-state index contributed by atoms with van der Waals surface area (Å²) in [5, 5.41) is 9.16. The van der Waals surface area contributed by atoms with Crippen LogP contribution < -0.4 is 4.74 Å². The van der Waals surface area contributed by atoms with Crippen LogP contribution in [0.2, 0.25) is 0 Å². The van der Waals surface area contributed by atoms with Crippen molar-refractivity contribution >= 4 is 5.97 Å². The van der Waals surface area contributed by atoms with Crippen LogP contribution in [0.15, 0.2) is 30.9 Å². The molecule has 5 unspecified atom stereocenters. The van der Waals surface area contributed by atoms with Gasteiger partial charge < -0.3 is 9.84 Å². The first-order chi connectivity index (χ1) is 12.2. The Kier molecular flexibility index (Phi) is 3.86. The molecule has 3 aliphatic carbocycles. The Bertz CT molecular complexity index is 757.